The van der Waals surface area contributed by atoms with Crippen molar-refractivity contribution in [3.8, 4) is 45.3 Å². The van der Waals surface area contributed by atoms with E-state index in [1.54, 1.807) is 12.1 Å². The molecule has 0 atom stereocenters. The maximum absolute atomic E-state index is 10.3. The van der Waals surface area contributed by atoms with Crippen LogP contribution < -0.4 is 0 Å². The Morgan fingerprint density at radius 2 is 0.975 bits per heavy atom. The molecule has 0 saturated carbocycles. The van der Waals surface area contributed by atoms with Gasteiger partial charge in [-0.1, -0.05) is 95.8 Å². The van der Waals surface area contributed by atoms with Crippen LogP contribution in [0.2, 0.25) is 0 Å². The summed E-state index contributed by atoms with van der Waals surface area (Å²) in [5.74, 6) is 0.485. The summed E-state index contributed by atoms with van der Waals surface area (Å²) < 4.78 is 0. The first kappa shape index (κ1) is 30.6. The number of hydrogen-bond acceptors (Lipinski definition) is 4. The monoisotopic (exact) mass is 540 g/mol. The van der Waals surface area contributed by atoms with Crippen LogP contribution in [0.25, 0.3) is 22.3 Å². The van der Waals surface area contributed by atoms with E-state index >= 15 is 0 Å². The lowest BCUT2D eigenvalue weighted by Gasteiger charge is -2.16. The van der Waals surface area contributed by atoms with Crippen molar-refractivity contribution in [1.82, 2.24) is 0 Å². The highest BCUT2D eigenvalue weighted by Crippen LogP contribution is 2.42. The van der Waals surface area contributed by atoms with Crippen molar-refractivity contribution in [1.29, 1.82) is 0 Å². The highest BCUT2D eigenvalue weighted by atomic mass is 16.3. The van der Waals surface area contributed by atoms with Gasteiger partial charge in [0.25, 0.3) is 0 Å². The van der Waals surface area contributed by atoms with Gasteiger partial charge in [0.15, 0.2) is 11.5 Å². The zero-order valence-corrected chi connectivity index (χ0v) is 24.4. The van der Waals surface area contributed by atoms with Crippen LogP contribution in [0.5, 0.6) is 23.0 Å². The summed E-state index contributed by atoms with van der Waals surface area (Å²) in [7, 11) is 0. The molecule has 40 heavy (non-hydrogen) atoms. The minimum absolute atomic E-state index is 0.000460. The zero-order valence-electron chi connectivity index (χ0n) is 24.4. The Morgan fingerprint density at radius 3 is 1.45 bits per heavy atom. The second-order valence-corrected chi connectivity index (χ2v) is 10.3. The van der Waals surface area contributed by atoms with Crippen LogP contribution in [0.4, 0.5) is 0 Å². The lowest BCUT2D eigenvalue weighted by molar-refractivity contribution is 0.399. The van der Waals surface area contributed by atoms with Gasteiger partial charge in [-0.3, -0.25) is 0 Å². The fourth-order valence-corrected chi connectivity index (χ4v) is 5.10. The van der Waals surface area contributed by atoms with Gasteiger partial charge in [-0.05, 0) is 78.3 Å². The van der Waals surface area contributed by atoms with E-state index < -0.39 is 0 Å². The number of phenols is 4. The van der Waals surface area contributed by atoms with E-state index in [0.29, 0.717) is 16.7 Å². The molecule has 212 valence electrons. The van der Waals surface area contributed by atoms with Crippen LogP contribution in [0.15, 0.2) is 72.8 Å². The van der Waals surface area contributed by atoms with Gasteiger partial charge < -0.3 is 20.4 Å². The molecule has 4 heteroatoms. The molecule has 4 rings (SSSR count). The molecule has 0 radical (unpaired) electrons. The van der Waals surface area contributed by atoms with E-state index in [0.717, 1.165) is 68.1 Å². The number of aromatic hydroxyl groups is 4. The van der Waals surface area contributed by atoms with E-state index in [2.05, 4.69) is 27.7 Å². The molecule has 4 aromatic carbocycles. The molecule has 4 aromatic rings. The molecule has 0 saturated heterocycles. The number of hydrogen-bond donors (Lipinski definition) is 4. The third-order valence-electron chi connectivity index (χ3n) is 7.07. The first-order valence-corrected chi connectivity index (χ1v) is 14.6. The van der Waals surface area contributed by atoms with Crippen molar-refractivity contribution in [3.05, 3.63) is 95.1 Å². The highest BCUT2D eigenvalue weighted by molar-refractivity contribution is 5.77. The average molecular weight is 541 g/mol. The van der Waals surface area contributed by atoms with Crippen LogP contribution in [-0.4, -0.2) is 20.4 Å². The summed E-state index contributed by atoms with van der Waals surface area (Å²) in [6.07, 6.45) is 7.76. The fourth-order valence-electron chi connectivity index (χ4n) is 5.10. The molecule has 0 bridgehead atoms. The van der Waals surface area contributed by atoms with Gasteiger partial charge in [-0.15, -0.1) is 0 Å². The zero-order chi connectivity index (χ0) is 29.1. The van der Waals surface area contributed by atoms with Crippen LogP contribution in [-0.2, 0) is 25.7 Å². The maximum atomic E-state index is 10.3. The summed E-state index contributed by atoms with van der Waals surface area (Å²) in [6.45, 7) is 8.47. The van der Waals surface area contributed by atoms with Crippen LogP contribution in [0, 0.1) is 0 Å². The molecule has 4 N–H and O–H groups in total. The predicted molar refractivity (Wildman–Crippen MR) is 166 cm³/mol. The molecule has 0 aliphatic rings. The normalized spacial score (nSPS) is 10.7. The molecule has 0 unspecified atom stereocenters. The second kappa shape index (κ2) is 15.0. The topological polar surface area (TPSA) is 80.9 Å². The van der Waals surface area contributed by atoms with E-state index in [1.165, 1.54) is 11.1 Å². The van der Waals surface area contributed by atoms with Gasteiger partial charge in [0, 0.05) is 22.3 Å². The smallest absolute Gasteiger partial charge is 0.165 e. The first-order chi connectivity index (χ1) is 19.3. The predicted octanol–water partition coefficient (Wildman–Crippen LogP) is 9.34. The van der Waals surface area contributed by atoms with Gasteiger partial charge in [0.05, 0.1) is 0 Å². The number of phenolic OH excluding ortho intramolecular Hbond substituents is 4. The third-order valence-corrected chi connectivity index (χ3v) is 7.07. The highest BCUT2D eigenvalue weighted by Gasteiger charge is 2.17. The van der Waals surface area contributed by atoms with Crippen molar-refractivity contribution >= 4 is 0 Å². The minimum atomic E-state index is -0.000460. The number of aryl methyl sites for hydroxylation is 3. The summed E-state index contributed by atoms with van der Waals surface area (Å²) in [4.78, 5) is 0. The molecule has 0 aromatic heterocycles. The SMILES string of the molecule is CCCc1cc(-c2ccccc2)c(O)c(O)c1CCC.CCCc1ccc(O)c(-c2cc(CCC)ccc2O)c1. The van der Waals surface area contributed by atoms with E-state index in [1.807, 2.05) is 60.7 Å². The summed E-state index contributed by atoms with van der Waals surface area (Å²) in [5, 5.41) is 40.8. The molecule has 0 heterocycles. The molecule has 0 aliphatic heterocycles. The standard InChI is InChI=1S/2C18H22O2/c1-3-8-14-12-16(13-10-6-5-7-11-13)18(20)17(19)15(14)9-4-2;1-3-5-13-7-9-17(19)15(11-13)16-12-14(6-4-2)8-10-18(16)20/h5-7,10-12,19-20H,3-4,8-9H2,1-2H3;7-12,19-20H,3-6H2,1-2H3. The van der Waals surface area contributed by atoms with Crippen molar-refractivity contribution in [2.75, 3.05) is 0 Å². The minimum Gasteiger partial charge on any atom is -0.507 e. The maximum Gasteiger partial charge on any atom is 0.165 e. The number of rotatable bonds is 10. The van der Waals surface area contributed by atoms with Crippen LogP contribution in [0.3, 0.4) is 0 Å². The van der Waals surface area contributed by atoms with Crippen LogP contribution in [0.1, 0.15) is 75.6 Å². The fraction of sp³-hybridized carbons (Fsp3) is 0.333. The quantitative estimate of drug-likeness (QED) is 0.151. The molecule has 4 nitrogen and oxygen atoms in total. The van der Waals surface area contributed by atoms with Gasteiger partial charge in [-0.2, -0.15) is 0 Å². The summed E-state index contributed by atoms with van der Waals surface area (Å²) in [6, 6.07) is 23.0. The Labute approximate surface area is 239 Å². The first-order valence-electron chi connectivity index (χ1n) is 14.6. The van der Waals surface area contributed by atoms with E-state index in [4.69, 9.17) is 0 Å². The summed E-state index contributed by atoms with van der Waals surface area (Å²) >= 11 is 0. The Balaban J connectivity index is 0.000000220. The van der Waals surface area contributed by atoms with Gasteiger partial charge in [0.1, 0.15) is 11.5 Å². The average Bonchev–Trinajstić information content (AvgIpc) is 2.96. The molecule has 0 spiro atoms. The molecule has 0 aliphatic carbocycles. The second-order valence-electron chi connectivity index (χ2n) is 10.3. The molecular weight excluding hydrogens is 496 g/mol. The van der Waals surface area contributed by atoms with Crippen molar-refractivity contribution in [2.45, 2.75) is 79.1 Å². The molecular formula is C36H44O4. The largest absolute Gasteiger partial charge is 0.507 e. The molecule has 0 fully saturated rings. The third kappa shape index (κ3) is 7.59. The lowest BCUT2D eigenvalue weighted by atomic mass is 9.92. The van der Waals surface area contributed by atoms with E-state index in [-0.39, 0.29) is 23.0 Å². The molecule has 0 amide bonds. The van der Waals surface area contributed by atoms with Gasteiger partial charge >= 0.3 is 0 Å². The van der Waals surface area contributed by atoms with Crippen molar-refractivity contribution in [3.63, 3.8) is 0 Å². The lowest BCUT2D eigenvalue weighted by Crippen LogP contribution is -1.97. The van der Waals surface area contributed by atoms with Crippen LogP contribution >= 0.6 is 0 Å². The summed E-state index contributed by atoms with van der Waals surface area (Å²) in [5.41, 5.74) is 7.47. The van der Waals surface area contributed by atoms with Crippen molar-refractivity contribution < 1.29 is 20.4 Å². The Kier molecular flexibility index (Phi) is 11.5. The Bertz CT molecular complexity index is 1320. The van der Waals surface area contributed by atoms with Gasteiger partial charge in [-0.25, -0.2) is 0 Å². The van der Waals surface area contributed by atoms with Crippen molar-refractivity contribution in [2.24, 2.45) is 0 Å². The Hall–Kier alpha value is -3.92. The number of benzene rings is 4. The van der Waals surface area contributed by atoms with E-state index in [9.17, 15) is 20.4 Å². The Morgan fingerprint density at radius 1 is 0.475 bits per heavy atom. The van der Waals surface area contributed by atoms with Gasteiger partial charge in [0.2, 0.25) is 0 Å².